The van der Waals surface area contributed by atoms with Gasteiger partial charge in [0, 0.05) is 18.2 Å². The fourth-order valence-electron chi connectivity index (χ4n) is 2.01. The fraction of sp³-hybridized carbons (Fsp3) is 0.188. The molecule has 0 aromatic heterocycles. The first-order chi connectivity index (χ1) is 10.8. The molecule has 23 heavy (non-hydrogen) atoms. The first-order valence-electron chi connectivity index (χ1n) is 6.88. The second-order valence-electron chi connectivity index (χ2n) is 4.94. The maximum Gasteiger partial charge on any atom is 0.224 e. The Bertz CT molecular complexity index is 835. The zero-order valence-electron chi connectivity index (χ0n) is 12.3. The van der Waals surface area contributed by atoms with Crippen molar-refractivity contribution < 1.29 is 22.0 Å². The van der Waals surface area contributed by atoms with E-state index in [0.717, 1.165) is 12.1 Å². The van der Waals surface area contributed by atoms with Crippen LogP contribution in [-0.4, -0.2) is 14.3 Å². The standard InChI is InChI=1S/C16H15F2NO3S/c1-2-16(20)19-13-5-3-4-11(8-13)10-23(21,22)15-7-6-12(17)9-14(15)18/h3-9H,2,10H2,1H3,(H,19,20). The van der Waals surface area contributed by atoms with Gasteiger partial charge in [-0.2, -0.15) is 0 Å². The van der Waals surface area contributed by atoms with Crippen LogP contribution in [0.25, 0.3) is 0 Å². The number of amides is 1. The van der Waals surface area contributed by atoms with Crippen LogP contribution in [0.2, 0.25) is 0 Å². The van der Waals surface area contributed by atoms with Gasteiger partial charge in [0.05, 0.1) is 5.75 Å². The highest BCUT2D eigenvalue weighted by Crippen LogP contribution is 2.22. The van der Waals surface area contributed by atoms with E-state index >= 15 is 0 Å². The molecule has 1 N–H and O–H groups in total. The van der Waals surface area contributed by atoms with Crippen molar-refractivity contribution in [2.75, 3.05) is 5.32 Å². The van der Waals surface area contributed by atoms with Gasteiger partial charge < -0.3 is 5.32 Å². The van der Waals surface area contributed by atoms with Crippen molar-refractivity contribution in [1.82, 2.24) is 0 Å². The molecule has 2 rings (SSSR count). The number of anilines is 1. The topological polar surface area (TPSA) is 63.2 Å². The highest BCUT2D eigenvalue weighted by molar-refractivity contribution is 7.90. The quantitative estimate of drug-likeness (QED) is 0.850. The molecule has 0 radical (unpaired) electrons. The van der Waals surface area contributed by atoms with Crippen LogP contribution in [0.5, 0.6) is 0 Å². The van der Waals surface area contributed by atoms with E-state index in [1.165, 1.54) is 6.07 Å². The first-order valence-corrected chi connectivity index (χ1v) is 8.53. The number of rotatable bonds is 5. The summed E-state index contributed by atoms with van der Waals surface area (Å²) in [7, 11) is -3.97. The molecule has 1 amide bonds. The number of carbonyl (C=O) groups excluding carboxylic acids is 1. The van der Waals surface area contributed by atoms with Crippen LogP contribution in [0, 0.1) is 11.6 Å². The van der Waals surface area contributed by atoms with Gasteiger partial charge in [0.2, 0.25) is 5.91 Å². The number of hydrogen-bond acceptors (Lipinski definition) is 3. The summed E-state index contributed by atoms with van der Waals surface area (Å²) in [4.78, 5) is 10.8. The summed E-state index contributed by atoms with van der Waals surface area (Å²) >= 11 is 0. The second kappa shape index (κ2) is 6.87. The first kappa shape index (κ1) is 17.1. The molecular formula is C16H15F2NO3S. The molecule has 0 fully saturated rings. The van der Waals surface area contributed by atoms with Crippen LogP contribution in [0.1, 0.15) is 18.9 Å². The maximum absolute atomic E-state index is 13.7. The monoisotopic (exact) mass is 339 g/mol. The summed E-state index contributed by atoms with van der Waals surface area (Å²) < 4.78 is 51.1. The van der Waals surface area contributed by atoms with Gasteiger partial charge in [-0.25, -0.2) is 17.2 Å². The SMILES string of the molecule is CCC(=O)Nc1cccc(CS(=O)(=O)c2ccc(F)cc2F)c1. The van der Waals surface area contributed by atoms with Crippen LogP contribution < -0.4 is 5.32 Å². The zero-order chi connectivity index (χ0) is 17.0. The van der Waals surface area contributed by atoms with Gasteiger partial charge in [0.1, 0.15) is 16.5 Å². The Morgan fingerprint density at radius 1 is 1.13 bits per heavy atom. The van der Waals surface area contributed by atoms with E-state index in [4.69, 9.17) is 0 Å². The highest BCUT2D eigenvalue weighted by atomic mass is 32.2. The van der Waals surface area contributed by atoms with Crippen LogP contribution >= 0.6 is 0 Å². The predicted molar refractivity (Wildman–Crippen MR) is 82.6 cm³/mol. The molecule has 0 aliphatic heterocycles. The summed E-state index contributed by atoms with van der Waals surface area (Å²) in [5.41, 5.74) is 0.853. The summed E-state index contributed by atoms with van der Waals surface area (Å²) in [5.74, 6) is -2.62. The van der Waals surface area contributed by atoms with Gasteiger partial charge in [0.25, 0.3) is 0 Å². The molecule has 0 aliphatic carbocycles. The lowest BCUT2D eigenvalue weighted by atomic mass is 10.2. The second-order valence-corrected chi connectivity index (χ2v) is 6.89. The molecule has 0 aliphatic rings. The Labute approximate surface area is 133 Å². The minimum Gasteiger partial charge on any atom is -0.326 e. The molecule has 2 aromatic rings. The van der Waals surface area contributed by atoms with E-state index in [0.29, 0.717) is 23.7 Å². The van der Waals surface area contributed by atoms with Crippen molar-refractivity contribution >= 4 is 21.4 Å². The van der Waals surface area contributed by atoms with E-state index in [1.807, 2.05) is 0 Å². The molecule has 0 heterocycles. The lowest BCUT2D eigenvalue weighted by Crippen LogP contribution is -2.11. The van der Waals surface area contributed by atoms with Gasteiger partial charge in [0.15, 0.2) is 9.84 Å². The van der Waals surface area contributed by atoms with E-state index in [-0.39, 0.29) is 5.91 Å². The lowest BCUT2D eigenvalue weighted by molar-refractivity contribution is -0.115. The largest absolute Gasteiger partial charge is 0.326 e. The molecule has 0 saturated carbocycles. The maximum atomic E-state index is 13.7. The zero-order valence-corrected chi connectivity index (χ0v) is 13.2. The number of benzene rings is 2. The van der Waals surface area contributed by atoms with Crippen LogP contribution in [-0.2, 0) is 20.4 Å². The molecule has 0 spiro atoms. The average molecular weight is 339 g/mol. The summed E-state index contributed by atoms with van der Waals surface area (Å²) in [5, 5.41) is 2.62. The highest BCUT2D eigenvalue weighted by Gasteiger charge is 2.20. The van der Waals surface area contributed by atoms with Gasteiger partial charge in [-0.15, -0.1) is 0 Å². The summed E-state index contributed by atoms with van der Waals surface area (Å²) in [6.45, 7) is 1.70. The summed E-state index contributed by atoms with van der Waals surface area (Å²) in [6, 6.07) is 8.62. The molecule has 0 saturated heterocycles. The number of halogens is 2. The third-order valence-corrected chi connectivity index (χ3v) is 4.83. The Balaban J connectivity index is 2.27. The minimum atomic E-state index is -3.97. The summed E-state index contributed by atoms with van der Waals surface area (Å²) in [6.07, 6.45) is 0.295. The fourth-order valence-corrected chi connectivity index (χ4v) is 3.42. The Kier molecular flexibility index (Phi) is 5.10. The van der Waals surface area contributed by atoms with E-state index in [2.05, 4.69) is 5.32 Å². The molecule has 7 heteroatoms. The Morgan fingerprint density at radius 3 is 2.52 bits per heavy atom. The van der Waals surface area contributed by atoms with Crippen molar-refractivity contribution in [3.8, 4) is 0 Å². The normalized spacial score (nSPS) is 11.3. The number of hydrogen-bond donors (Lipinski definition) is 1. The third kappa shape index (κ3) is 4.35. The van der Waals surface area contributed by atoms with Gasteiger partial charge in [-0.1, -0.05) is 19.1 Å². The number of sulfone groups is 1. The van der Waals surface area contributed by atoms with Crippen LogP contribution in [0.3, 0.4) is 0 Å². The van der Waals surface area contributed by atoms with Crippen molar-refractivity contribution in [1.29, 1.82) is 0 Å². The lowest BCUT2D eigenvalue weighted by Gasteiger charge is -2.08. The predicted octanol–water partition coefficient (Wildman–Crippen LogP) is 3.29. The van der Waals surface area contributed by atoms with Crippen molar-refractivity contribution in [3.05, 3.63) is 59.7 Å². The minimum absolute atomic E-state index is 0.199. The smallest absolute Gasteiger partial charge is 0.224 e. The molecule has 4 nitrogen and oxygen atoms in total. The third-order valence-electron chi connectivity index (χ3n) is 3.12. The van der Waals surface area contributed by atoms with Crippen LogP contribution in [0.4, 0.5) is 14.5 Å². The average Bonchev–Trinajstić information content (AvgIpc) is 2.46. The molecular weight excluding hydrogens is 324 g/mol. The number of nitrogens with one attached hydrogen (secondary N) is 1. The molecule has 0 bridgehead atoms. The van der Waals surface area contributed by atoms with E-state index < -0.39 is 32.1 Å². The Hall–Kier alpha value is -2.28. The van der Waals surface area contributed by atoms with Gasteiger partial charge in [-0.05, 0) is 29.8 Å². The molecule has 2 aromatic carbocycles. The van der Waals surface area contributed by atoms with Crippen molar-refractivity contribution in [2.45, 2.75) is 24.0 Å². The van der Waals surface area contributed by atoms with Crippen molar-refractivity contribution in [3.63, 3.8) is 0 Å². The Morgan fingerprint density at radius 2 is 1.87 bits per heavy atom. The van der Waals surface area contributed by atoms with Crippen molar-refractivity contribution in [2.24, 2.45) is 0 Å². The van der Waals surface area contributed by atoms with Crippen LogP contribution in [0.15, 0.2) is 47.4 Å². The molecule has 0 atom stereocenters. The van der Waals surface area contributed by atoms with E-state index in [9.17, 15) is 22.0 Å². The van der Waals surface area contributed by atoms with Gasteiger partial charge >= 0.3 is 0 Å². The van der Waals surface area contributed by atoms with Gasteiger partial charge in [-0.3, -0.25) is 4.79 Å². The molecule has 0 unspecified atom stereocenters. The number of carbonyl (C=O) groups is 1. The van der Waals surface area contributed by atoms with E-state index in [1.54, 1.807) is 25.1 Å². The molecule has 122 valence electrons.